The molecule has 5 heteroatoms. The molecular formula is C14H22N4O. The maximum absolute atomic E-state index is 11.2. The molecular weight excluding hydrogens is 240 g/mol. The fraction of sp³-hybridized carbons (Fsp3) is 0.571. The first kappa shape index (κ1) is 13.8. The Morgan fingerprint density at radius 1 is 1.63 bits per heavy atom. The summed E-state index contributed by atoms with van der Waals surface area (Å²) in [4.78, 5) is 17.8. The van der Waals surface area contributed by atoms with Gasteiger partial charge in [0.05, 0.1) is 0 Å². The van der Waals surface area contributed by atoms with Crippen LogP contribution in [0.4, 0.5) is 5.82 Å². The minimum Gasteiger partial charge on any atom is -0.366 e. The first-order valence-corrected chi connectivity index (χ1v) is 6.92. The monoisotopic (exact) mass is 262 g/mol. The van der Waals surface area contributed by atoms with Gasteiger partial charge < -0.3 is 16.0 Å². The van der Waals surface area contributed by atoms with Crippen molar-refractivity contribution in [3.05, 3.63) is 23.9 Å². The molecule has 1 aromatic rings. The summed E-state index contributed by atoms with van der Waals surface area (Å²) in [7, 11) is 0. The van der Waals surface area contributed by atoms with E-state index >= 15 is 0 Å². The minimum absolute atomic E-state index is 0.404. The van der Waals surface area contributed by atoms with Gasteiger partial charge in [-0.05, 0) is 50.9 Å². The third kappa shape index (κ3) is 3.67. The number of carbonyl (C=O) groups is 1. The SMILES string of the molecule is CCN(CC1CCCNC1)c1cc(C(N)=O)ccn1. The number of aromatic nitrogens is 1. The van der Waals surface area contributed by atoms with E-state index in [1.807, 2.05) is 0 Å². The summed E-state index contributed by atoms with van der Waals surface area (Å²) in [5.41, 5.74) is 5.83. The molecule has 0 bridgehead atoms. The van der Waals surface area contributed by atoms with Gasteiger partial charge >= 0.3 is 0 Å². The number of rotatable bonds is 5. The summed E-state index contributed by atoms with van der Waals surface area (Å²) >= 11 is 0. The average molecular weight is 262 g/mol. The molecule has 0 aliphatic carbocycles. The van der Waals surface area contributed by atoms with Crippen LogP contribution in [0.5, 0.6) is 0 Å². The molecule has 1 saturated heterocycles. The summed E-state index contributed by atoms with van der Waals surface area (Å²) in [6.07, 6.45) is 4.13. The molecule has 0 radical (unpaired) electrons. The van der Waals surface area contributed by atoms with Crippen LogP contribution in [-0.4, -0.2) is 37.1 Å². The van der Waals surface area contributed by atoms with Crippen molar-refractivity contribution in [2.75, 3.05) is 31.1 Å². The lowest BCUT2D eigenvalue weighted by molar-refractivity contribution is 0.1000. The highest BCUT2D eigenvalue weighted by atomic mass is 16.1. The standard InChI is InChI=1S/C14H22N4O/c1-2-18(10-11-4-3-6-16-9-11)13-8-12(14(15)19)5-7-17-13/h5,7-8,11,16H,2-4,6,9-10H2,1H3,(H2,15,19). The van der Waals surface area contributed by atoms with Gasteiger partial charge in [0.25, 0.3) is 0 Å². The van der Waals surface area contributed by atoms with Crippen LogP contribution in [0, 0.1) is 5.92 Å². The molecule has 1 aromatic heterocycles. The lowest BCUT2D eigenvalue weighted by atomic mass is 9.99. The van der Waals surface area contributed by atoms with E-state index in [9.17, 15) is 4.79 Å². The summed E-state index contributed by atoms with van der Waals surface area (Å²) in [6, 6.07) is 3.43. The largest absolute Gasteiger partial charge is 0.366 e. The number of amides is 1. The number of hydrogen-bond acceptors (Lipinski definition) is 4. The van der Waals surface area contributed by atoms with Crippen molar-refractivity contribution in [1.82, 2.24) is 10.3 Å². The van der Waals surface area contributed by atoms with Crippen molar-refractivity contribution in [1.29, 1.82) is 0 Å². The number of nitrogens with zero attached hydrogens (tertiary/aromatic N) is 2. The van der Waals surface area contributed by atoms with E-state index < -0.39 is 5.91 Å². The van der Waals surface area contributed by atoms with Crippen LogP contribution in [0.25, 0.3) is 0 Å². The zero-order valence-electron chi connectivity index (χ0n) is 11.4. The van der Waals surface area contributed by atoms with Crippen LogP contribution in [0.15, 0.2) is 18.3 Å². The van der Waals surface area contributed by atoms with Crippen molar-refractivity contribution >= 4 is 11.7 Å². The van der Waals surface area contributed by atoms with E-state index in [4.69, 9.17) is 5.73 Å². The number of piperidine rings is 1. The topological polar surface area (TPSA) is 71.2 Å². The Hall–Kier alpha value is -1.62. The van der Waals surface area contributed by atoms with E-state index in [1.165, 1.54) is 12.8 Å². The van der Waals surface area contributed by atoms with Crippen LogP contribution in [0.2, 0.25) is 0 Å². The molecule has 2 heterocycles. The summed E-state index contributed by atoms with van der Waals surface area (Å²) < 4.78 is 0. The third-order valence-electron chi connectivity index (χ3n) is 3.61. The Bertz CT molecular complexity index is 429. The second kappa shape index (κ2) is 6.52. The first-order chi connectivity index (χ1) is 9.20. The molecule has 2 rings (SSSR count). The number of anilines is 1. The number of pyridine rings is 1. The van der Waals surface area contributed by atoms with E-state index in [2.05, 4.69) is 22.1 Å². The van der Waals surface area contributed by atoms with Crippen molar-refractivity contribution in [3.8, 4) is 0 Å². The minimum atomic E-state index is -0.404. The maximum Gasteiger partial charge on any atom is 0.248 e. The van der Waals surface area contributed by atoms with Crippen LogP contribution < -0.4 is 16.0 Å². The van der Waals surface area contributed by atoms with Crippen molar-refractivity contribution in [2.24, 2.45) is 11.7 Å². The highest BCUT2D eigenvalue weighted by Crippen LogP contribution is 2.17. The molecule has 1 aliphatic heterocycles. The lowest BCUT2D eigenvalue weighted by Gasteiger charge is -2.30. The van der Waals surface area contributed by atoms with E-state index in [0.717, 1.165) is 32.0 Å². The molecule has 0 saturated carbocycles. The molecule has 1 unspecified atom stereocenters. The molecule has 0 aromatic carbocycles. The molecule has 1 atom stereocenters. The van der Waals surface area contributed by atoms with Gasteiger partial charge in [0.15, 0.2) is 0 Å². The van der Waals surface area contributed by atoms with E-state index in [1.54, 1.807) is 18.3 Å². The summed E-state index contributed by atoms with van der Waals surface area (Å²) in [5, 5.41) is 3.42. The van der Waals surface area contributed by atoms with Gasteiger partial charge in [0, 0.05) is 24.8 Å². The van der Waals surface area contributed by atoms with Crippen LogP contribution in [0.3, 0.4) is 0 Å². The summed E-state index contributed by atoms with van der Waals surface area (Å²) in [5.74, 6) is 1.08. The highest BCUT2D eigenvalue weighted by Gasteiger charge is 2.17. The lowest BCUT2D eigenvalue weighted by Crippen LogP contribution is -2.38. The Kier molecular flexibility index (Phi) is 4.74. The highest BCUT2D eigenvalue weighted by molar-refractivity contribution is 5.93. The van der Waals surface area contributed by atoms with Gasteiger partial charge in [-0.3, -0.25) is 4.79 Å². The quantitative estimate of drug-likeness (QED) is 0.830. The fourth-order valence-electron chi connectivity index (χ4n) is 2.52. The van der Waals surface area contributed by atoms with Gasteiger partial charge in [-0.25, -0.2) is 4.98 Å². The molecule has 19 heavy (non-hydrogen) atoms. The van der Waals surface area contributed by atoms with E-state index in [-0.39, 0.29) is 0 Å². The van der Waals surface area contributed by atoms with Gasteiger partial charge in [-0.2, -0.15) is 0 Å². The molecule has 1 aliphatic rings. The van der Waals surface area contributed by atoms with Gasteiger partial charge in [0.2, 0.25) is 5.91 Å². The predicted molar refractivity (Wildman–Crippen MR) is 76.2 cm³/mol. The molecule has 104 valence electrons. The van der Waals surface area contributed by atoms with Gasteiger partial charge in [-0.15, -0.1) is 0 Å². The fourth-order valence-corrected chi connectivity index (χ4v) is 2.52. The number of nitrogens with one attached hydrogen (secondary N) is 1. The van der Waals surface area contributed by atoms with Crippen molar-refractivity contribution in [3.63, 3.8) is 0 Å². The zero-order chi connectivity index (χ0) is 13.7. The second-order valence-electron chi connectivity index (χ2n) is 5.02. The summed E-state index contributed by atoms with van der Waals surface area (Å²) in [6.45, 7) is 6.14. The van der Waals surface area contributed by atoms with Gasteiger partial charge in [-0.1, -0.05) is 0 Å². The average Bonchev–Trinajstić information content (AvgIpc) is 2.46. The molecule has 3 N–H and O–H groups in total. The Balaban J connectivity index is 2.07. The Labute approximate surface area is 114 Å². The smallest absolute Gasteiger partial charge is 0.248 e. The second-order valence-corrected chi connectivity index (χ2v) is 5.02. The molecule has 5 nitrogen and oxygen atoms in total. The molecule has 1 amide bonds. The number of nitrogens with two attached hydrogens (primary N) is 1. The number of hydrogen-bond donors (Lipinski definition) is 2. The van der Waals surface area contributed by atoms with Crippen molar-refractivity contribution in [2.45, 2.75) is 19.8 Å². The predicted octanol–water partition coefficient (Wildman–Crippen LogP) is 1.01. The third-order valence-corrected chi connectivity index (χ3v) is 3.61. The van der Waals surface area contributed by atoms with Crippen LogP contribution >= 0.6 is 0 Å². The zero-order valence-corrected chi connectivity index (χ0v) is 11.4. The maximum atomic E-state index is 11.2. The van der Waals surface area contributed by atoms with Crippen LogP contribution in [-0.2, 0) is 0 Å². The van der Waals surface area contributed by atoms with Crippen molar-refractivity contribution < 1.29 is 4.79 Å². The Morgan fingerprint density at radius 3 is 3.11 bits per heavy atom. The molecule has 0 spiro atoms. The van der Waals surface area contributed by atoms with E-state index in [0.29, 0.717) is 11.5 Å². The number of carbonyl (C=O) groups excluding carboxylic acids is 1. The Morgan fingerprint density at radius 2 is 2.47 bits per heavy atom. The molecule has 1 fully saturated rings. The normalized spacial score (nSPS) is 19.1. The first-order valence-electron chi connectivity index (χ1n) is 6.92. The van der Waals surface area contributed by atoms with Crippen LogP contribution in [0.1, 0.15) is 30.1 Å². The van der Waals surface area contributed by atoms with Gasteiger partial charge in [0.1, 0.15) is 5.82 Å². The number of primary amides is 1.